The van der Waals surface area contributed by atoms with Crippen LogP contribution in [-0.2, 0) is 0 Å². The van der Waals surface area contributed by atoms with Gasteiger partial charge in [-0.3, -0.25) is 0 Å². The van der Waals surface area contributed by atoms with Gasteiger partial charge in [0.15, 0.2) is 12.0 Å². The molecule has 0 atom stereocenters. The minimum atomic E-state index is 0.634. The molecular weight excluding hydrogens is 128 g/mol. The van der Waals surface area contributed by atoms with E-state index in [9.17, 15) is 0 Å². The molecule has 0 aliphatic rings. The minimum Gasteiger partial charge on any atom is -0.441 e. The van der Waals surface area contributed by atoms with Crippen LogP contribution in [0.4, 0.5) is 5.69 Å². The van der Waals surface area contributed by atoms with Crippen LogP contribution in [0.15, 0.2) is 29.0 Å². The zero-order chi connectivity index (χ0) is 6.97. The first-order valence-corrected chi connectivity index (χ1v) is 2.95. The van der Waals surface area contributed by atoms with Crippen molar-refractivity contribution in [3.8, 4) is 0 Å². The summed E-state index contributed by atoms with van der Waals surface area (Å²) in [6, 6.07) is 5.49. The van der Waals surface area contributed by atoms with Crippen LogP contribution >= 0.6 is 0 Å². The third-order valence-electron chi connectivity index (χ3n) is 1.39. The van der Waals surface area contributed by atoms with Crippen molar-refractivity contribution in [3.63, 3.8) is 0 Å². The van der Waals surface area contributed by atoms with E-state index in [1.807, 2.05) is 12.1 Å². The molecule has 0 fully saturated rings. The van der Waals surface area contributed by atoms with E-state index in [0.29, 0.717) is 11.3 Å². The summed E-state index contributed by atoms with van der Waals surface area (Å²) in [5.41, 5.74) is 7.68. The Balaban J connectivity index is 2.95. The zero-order valence-electron chi connectivity index (χ0n) is 5.24. The molecule has 3 heteroatoms. The molecule has 1 aromatic carbocycles. The highest BCUT2D eigenvalue weighted by atomic mass is 16.3. The Kier molecular flexibility index (Phi) is 0.917. The topological polar surface area (TPSA) is 52.0 Å². The molecule has 0 aliphatic heterocycles. The van der Waals surface area contributed by atoms with Crippen molar-refractivity contribution in [2.24, 2.45) is 0 Å². The van der Waals surface area contributed by atoms with Gasteiger partial charge in [0.1, 0.15) is 5.52 Å². The second-order valence-electron chi connectivity index (χ2n) is 2.05. The Morgan fingerprint density at radius 3 is 3.10 bits per heavy atom. The number of hydrogen-bond acceptors (Lipinski definition) is 3. The van der Waals surface area contributed by atoms with Crippen molar-refractivity contribution in [2.75, 3.05) is 5.73 Å². The fourth-order valence-corrected chi connectivity index (χ4v) is 0.908. The molecule has 1 aromatic heterocycles. The fraction of sp³-hybridized carbons (Fsp3) is 0. The maximum atomic E-state index is 5.57. The number of nitrogens with two attached hydrogens (primary N) is 1. The molecule has 50 valence electrons. The highest BCUT2D eigenvalue weighted by Crippen LogP contribution is 2.18. The zero-order valence-corrected chi connectivity index (χ0v) is 5.24. The Morgan fingerprint density at radius 2 is 2.30 bits per heavy atom. The SMILES string of the molecule is Nc1cccc2ncoc12. The molecule has 10 heavy (non-hydrogen) atoms. The summed E-state index contributed by atoms with van der Waals surface area (Å²) in [6.07, 6.45) is 1.39. The Labute approximate surface area is 57.5 Å². The minimum absolute atomic E-state index is 0.634. The average molecular weight is 134 g/mol. The molecule has 2 N–H and O–H groups in total. The summed E-state index contributed by atoms with van der Waals surface area (Å²) < 4.78 is 5.01. The number of nitrogen functional groups attached to an aromatic ring is 1. The van der Waals surface area contributed by atoms with E-state index < -0.39 is 0 Å². The molecular formula is C7H6N2O. The largest absolute Gasteiger partial charge is 0.441 e. The van der Waals surface area contributed by atoms with E-state index in [1.165, 1.54) is 6.39 Å². The fourth-order valence-electron chi connectivity index (χ4n) is 0.908. The maximum absolute atomic E-state index is 5.57. The molecule has 0 amide bonds. The normalized spacial score (nSPS) is 10.4. The predicted molar refractivity (Wildman–Crippen MR) is 38.4 cm³/mol. The van der Waals surface area contributed by atoms with Gasteiger partial charge in [0.05, 0.1) is 5.69 Å². The number of rotatable bonds is 0. The first kappa shape index (κ1) is 5.29. The number of para-hydroxylation sites is 1. The second kappa shape index (κ2) is 1.73. The Hall–Kier alpha value is -1.51. The lowest BCUT2D eigenvalue weighted by atomic mass is 10.3. The van der Waals surface area contributed by atoms with E-state index in [4.69, 9.17) is 10.2 Å². The summed E-state index contributed by atoms with van der Waals surface area (Å²) in [4.78, 5) is 3.93. The van der Waals surface area contributed by atoms with Crippen LogP contribution in [0, 0.1) is 0 Å². The number of anilines is 1. The first-order valence-electron chi connectivity index (χ1n) is 2.95. The average Bonchev–Trinajstić information content (AvgIpc) is 2.36. The van der Waals surface area contributed by atoms with Gasteiger partial charge < -0.3 is 10.2 Å². The van der Waals surface area contributed by atoms with Crippen LogP contribution < -0.4 is 5.73 Å². The molecule has 2 rings (SSSR count). The van der Waals surface area contributed by atoms with Crippen LogP contribution in [0.25, 0.3) is 11.1 Å². The van der Waals surface area contributed by atoms with E-state index in [-0.39, 0.29) is 0 Å². The number of fused-ring (bicyclic) bond motifs is 1. The van der Waals surface area contributed by atoms with Gasteiger partial charge in [0.2, 0.25) is 0 Å². The molecule has 0 unspecified atom stereocenters. The lowest BCUT2D eigenvalue weighted by Gasteiger charge is -1.89. The molecule has 0 aliphatic carbocycles. The van der Waals surface area contributed by atoms with Gasteiger partial charge in [0.25, 0.3) is 0 Å². The van der Waals surface area contributed by atoms with Crippen LogP contribution in [-0.4, -0.2) is 4.98 Å². The predicted octanol–water partition coefficient (Wildman–Crippen LogP) is 1.41. The van der Waals surface area contributed by atoms with E-state index in [2.05, 4.69) is 4.98 Å². The van der Waals surface area contributed by atoms with Gasteiger partial charge in [-0.15, -0.1) is 0 Å². The summed E-state index contributed by atoms with van der Waals surface area (Å²) in [7, 11) is 0. The van der Waals surface area contributed by atoms with Crippen molar-refractivity contribution >= 4 is 16.8 Å². The molecule has 1 heterocycles. The maximum Gasteiger partial charge on any atom is 0.182 e. The van der Waals surface area contributed by atoms with Crippen LogP contribution in [0.3, 0.4) is 0 Å². The highest BCUT2D eigenvalue weighted by molar-refractivity contribution is 5.84. The summed E-state index contributed by atoms with van der Waals surface area (Å²) in [6.45, 7) is 0. The highest BCUT2D eigenvalue weighted by Gasteiger charge is 1.98. The Morgan fingerprint density at radius 1 is 1.40 bits per heavy atom. The molecule has 0 radical (unpaired) electrons. The van der Waals surface area contributed by atoms with E-state index in [0.717, 1.165) is 5.52 Å². The van der Waals surface area contributed by atoms with Gasteiger partial charge in [-0.25, -0.2) is 4.98 Å². The van der Waals surface area contributed by atoms with Gasteiger partial charge in [-0.2, -0.15) is 0 Å². The van der Waals surface area contributed by atoms with Gasteiger partial charge in [-0.05, 0) is 12.1 Å². The summed E-state index contributed by atoms with van der Waals surface area (Å²) in [5, 5.41) is 0. The van der Waals surface area contributed by atoms with Crippen molar-refractivity contribution in [1.29, 1.82) is 0 Å². The van der Waals surface area contributed by atoms with Gasteiger partial charge >= 0.3 is 0 Å². The van der Waals surface area contributed by atoms with Crippen LogP contribution in [0.1, 0.15) is 0 Å². The van der Waals surface area contributed by atoms with Crippen LogP contribution in [0.2, 0.25) is 0 Å². The third-order valence-corrected chi connectivity index (χ3v) is 1.39. The first-order chi connectivity index (χ1) is 4.88. The smallest absolute Gasteiger partial charge is 0.182 e. The van der Waals surface area contributed by atoms with Crippen molar-refractivity contribution in [1.82, 2.24) is 4.98 Å². The lowest BCUT2D eigenvalue weighted by Crippen LogP contribution is -1.82. The van der Waals surface area contributed by atoms with Crippen molar-refractivity contribution in [3.05, 3.63) is 24.6 Å². The second-order valence-corrected chi connectivity index (χ2v) is 2.05. The quantitative estimate of drug-likeness (QED) is 0.554. The standard InChI is InChI=1S/C7H6N2O/c8-5-2-1-3-6-7(5)10-4-9-6/h1-4H,8H2. The van der Waals surface area contributed by atoms with Crippen molar-refractivity contribution < 1.29 is 4.42 Å². The van der Waals surface area contributed by atoms with Crippen molar-refractivity contribution in [2.45, 2.75) is 0 Å². The molecule has 0 bridgehead atoms. The number of benzene rings is 1. The van der Waals surface area contributed by atoms with E-state index >= 15 is 0 Å². The lowest BCUT2D eigenvalue weighted by molar-refractivity contribution is 0.603. The third kappa shape index (κ3) is 0.572. The molecule has 0 saturated heterocycles. The number of hydrogen-bond donors (Lipinski definition) is 1. The van der Waals surface area contributed by atoms with Gasteiger partial charge in [0, 0.05) is 0 Å². The molecule has 3 nitrogen and oxygen atoms in total. The summed E-state index contributed by atoms with van der Waals surface area (Å²) >= 11 is 0. The molecule has 0 spiro atoms. The number of nitrogens with zero attached hydrogens (tertiary/aromatic N) is 1. The summed E-state index contributed by atoms with van der Waals surface area (Å²) in [5.74, 6) is 0. The number of aromatic nitrogens is 1. The monoisotopic (exact) mass is 134 g/mol. The molecule has 0 saturated carbocycles. The van der Waals surface area contributed by atoms with Gasteiger partial charge in [-0.1, -0.05) is 6.07 Å². The Bertz CT molecular complexity index is 353. The molecule has 2 aromatic rings. The number of oxazole rings is 1. The van der Waals surface area contributed by atoms with Crippen LogP contribution in [0.5, 0.6) is 0 Å². The van der Waals surface area contributed by atoms with E-state index in [1.54, 1.807) is 6.07 Å².